The molecule has 0 aliphatic carbocycles. The molecular formula is C5H9N3O2. The highest BCUT2D eigenvalue weighted by Crippen LogP contribution is 2.05. The van der Waals surface area contributed by atoms with E-state index in [4.69, 9.17) is 10.4 Å². The van der Waals surface area contributed by atoms with Gasteiger partial charge in [-0.25, -0.2) is 0 Å². The molecule has 5 nitrogen and oxygen atoms in total. The molecule has 1 fully saturated rings. The van der Waals surface area contributed by atoms with Gasteiger partial charge in [0.1, 0.15) is 5.71 Å². The molecule has 10 heavy (non-hydrogen) atoms. The quantitative estimate of drug-likeness (QED) is 0.178. The van der Waals surface area contributed by atoms with Gasteiger partial charge in [-0.05, 0) is 6.92 Å². The van der Waals surface area contributed by atoms with Crippen LogP contribution >= 0.6 is 0 Å². The molecule has 1 aliphatic rings. The third kappa shape index (κ3) is 1.18. The van der Waals surface area contributed by atoms with Gasteiger partial charge in [0, 0.05) is 13.1 Å². The molecule has 0 amide bonds. The minimum atomic E-state index is 0.333. The largest absolute Gasteiger partial charge is 0.411 e. The van der Waals surface area contributed by atoms with Crippen molar-refractivity contribution in [1.82, 2.24) is 4.90 Å². The van der Waals surface area contributed by atoms with Gasteiger partial charge in [0.05, 0.1) is 0 Å². The fourth-order valence-electron chi connectivity index (χ4n) is 0.671. The third-order valence-electron chi connectivity index (χ3n) is 1.32. The lowest BCUT2D eigenvalue weighted by Crippen LogP contribution is -2.19. The van der Waals surface area contributed by atoms with Gasteiger partial charge in [0.2, 0.25) is 0 Å². The van der Waals surface area contributed by atoms with Gasteiger partial charge in [0.15, 0.2) is 5.84 Å². The van der Waals surface area contributed by atoms with Gasteiger partial charge >= 0.3 is 0 Å². The van der Waals surface area contributed by atoms with Crippen molar-refractivity contribution in [2.45, 2.75) is 6.92 Å². The van der Waals surface area contributed by atoms with Crippen molar-refractivity contribution in [3.05, 3.63) is 0 Å². The Morgan fingerprint density at radius 2 is 1.90 bits per heavy atom. The SMILES string of the molecule is CC(=N/O)/C(=N\O)N1CC1. The molecule has 0 saturated carbocycles. The van der Waals surface area contributed by atoms with Crippen LogP contribution in [0.4, 0.5) is 0 Å². The highest BCUT2D eigenvalue weighted by molar-refractivity contribution is 6.40. The first-order chi connectivity index (χ1) is 4.79. The van der Waals surface area contributed by atoms with Crippen molar-refractivity contribution in [2.75, 3.05) is 13.1 Å². The summed E-state index contributed by atoms with van der Waals surface area (Å²) in [5.74, 6) is 0.350. The number of oxime groups is 2. The van der Waals surface area contributed by atoms with Gasteiger partial charge < -0.3 is 15.3 Å². The van der Waals surface area contributed by atoms with Crippen LogP contribution < -0.4 is 0 Å². The highest BCUT2D eigenvalue weighted by Gasteiger charge is 2.24. The predicted octanol–water partition coefficient (Wildman–Crippen LogP) is -0.0602. The van der Waals surface area contributed by atoms with Crippen LogP contribution in [0.3, 0.4) is 0 Å². The first kappa shape index (κ1) is 6.85. The second-order valence-electron chi connectivity index (χ2n) is 2.10. The summed E-state index contributed by atoms with van der Waals surface area (Å²) in [4.78, 5) is 1.79. The Labute approximate surface area is 58.2 Å². The summed E-state index contributed by atoms with van der Waals surface area (Å²) in [6.07, 6.45) is 0. The van der Waals surface area contributed by atoms with Gasteiger partial charge in [0.25, 0.3) is 0 Å². The molecule has 0 bridgehead atoms. The number of amidine groups is 1. The zero-order chi connectivity index (χ0) is 7.56. The first-order valence-corrected chi connectivity index (χ1v) is 2.95. The Balaban J connectivity index is 2.65. The lowest BCUT2D eigenvalue weighted by atomic mass is 10.4. The summed E-state index contributed by atoms with van der Waals surface area (Å²) in [5, 5.41) is 22.6. The van der Waals surface area contributed by atoms with E-state index in [-0.39, 0.29) is 0 Å². The summed E-state index contributed by atoms with van der Waals surface area (Å²) in [6.45, 7) is 3.31. The van der Waals surface area contributed by atoms with Crippen LogP contribution in [0, 0.1) is 0 Å². The van der Waals surface area contributed by atoms with Crippen LogP contribution in [0.1, 0.15) is 6.92 Å². The van der Waals surface area contributed by atoms with Crippen molar-refractivity contribution in [3.63, 3.8) is 0 Å². The van der Waals surface area contributed by atoms with Gasteiger partial charge in [-0.2, -0.15) is 0 Å². The monoisotopic (exact) mass is 143 g/mol. The highest BCUT2D eigenvalue weighted by atomic mass is 16.4. The Morgan fingerprint density at radius 3 is 2.20 bits per heavy atom. The van der Waals surface area contributed by atoms with Crippen LogP contribution in [0.25, 0.3) is 0 Å². The Bertz CT molecular complexity index is 183. The molecule has 0 radical (unpaired) electrons. The van der Waals surface area contributed by atoms with Crippen molar-refractivity contribution in [1.29, 1.82) is 0 Å². The second kappa shape index (κ2) is 2.55. The maximum atomic E-state index is 8.39. The zero-order valence-electron chi connectivity index (χ0n) is 5.65. The second-order valence-corrected chi connectivity index (χ2v) is 2.10. The van der Waals surface area contributed by atoms with E-state index in [1.165, 1.54) is 0 Å². The molecule has 0 unspecified atom stereocenters. The minimum absolute atomic E-state index is 0.333. The lowest BCUT2D eigenvalue weighted by Gasteiger charge is -2.00. The Kier molecular flexibility index (Phi) is 1.75. The summed E-state index contributed by atoms with van der Waals surface area (Å²) < 4.78 is 0. The first-order valence-electron chi connectivity index (χ1n) is 2.95. The molecule has 56 valence electrons. The Morgan fingerprint density at radius 1 is 1.30 bits per heavy atom. The smallest absolute Gasteiger partial charge is 0.192 e. The van der Waals surface area contributed by atoms with Crippen molar-refractivity contribution in [2.24, 2.45) is 10.3 Å². The zero-order valence-corrected chi connectivity index (χ0v) is 5.65. The summed E-state index contributed by atoms with van der Waals surface area (Å²) in [7, 11) is 0. The van der Waals surface area contributed by atoms with Crippen LogP contribution in [0.5, 0.6) is 0 Å². The Hall–Kier alpha value is -1.26. The fourth-order valence-corrected chi connectivity index (χ4v) is 0.671. The topological polar surface area (TPSA) is 68.2 Å². The van der Waals surface area contributed by atoms with Crippen molar-refractivity contribution in [3.8, 4) is 0 Å². The van der Waals surface area contributed by atoms with E-state index < -0.39 is 0 Å². The molecule has 0 aromatic carbocycles. The summed E-state index contributed by atoms with van der Waals surface area (Å²) in [5.41, 5.74) is 0.333. The standard InChI is InChI=1S/C5H9N3O2/c1-4(6-9)5(7-10)8-2-3-8/h9-10H,2-3H2,1H3/b6-4-,7-5+. The summed E-state index contributed by atoms with van der Waals surface area (Å²) >= 11 is 0. The van der Waals surface area contributed by atoms with Crippen molar-refractivity contribution >= 4 is 11.5 Å². The molecule has 1 rings (SSSR count). The normalized spacial score (nSPS) is 19.5. The van der Waals surface area contributed by atoms with Crippen LogP contribution in [0.15, 0.2) is 10.3 Å². The number of hydrogen-bond donors (Lipinski definition) is 2. The molecule has 1 heterocycles. The molecule has 2 N–H and O–H groups in total. The van der Waals surface area contributed by atoms with Gasteiger partial charge in [-0.15, -0.1) is 0 Å². The number of rotatable bonds is 1. The fraction of sp³-hybridized carbons (Fsp3) is 0.600. The number of nitrogens with zero attached hydrogens (tertiary/aromatic N) is 3. The maximum Gasteiger partial charge on any atom is 0.192 e. The predicted molar refractivity (Wildman–Crippen MR) is 35.7 cm³/mol. The van der Waals surface area contributed by atoms with Crippen LogP contribution in [-0.2, 0) is 0 Å². The average Bonchev–Trinajstić information content (AvgIpc) is 2.73. The molecule has 1 aliphatic heterocycles. The van der Waals surface area contributed by atoms with E-state index >= 15 is 0 Å². The minimum Gasteiger partial charge on any atom is -0.411 e. The molecule has 0 atom stereocenters. The molecule has 0 aromatic heterocycles. The summed E-state index contributed by atoms with van der Waals surface area (Å²) in [6, 6.07) is 0. The van der Waals surface area contributed by atoms with E-state index in [2.05, 4.69) is 10.3 Å². The van der Waals surface area contributed by atoms with E-state index in [9.17, 15) is 0 Å². The van der Waals surface area contributed by atoms with Crippen LogP contribution in [-0.4, -0.2) is 40.0 Å². The van der Waals surface area contributed by atoms with E-state index in [1.54, 1.807) is 11.8 Å². The van der Waals surface area contributed by atoms with Gasteiger partial charge in [-0.3, -0.25) is 0 Å². The lowest BCUT2D eigenvalue weighted by molar-refractivity contribution is 0.310. The van der Waals surface area contributed by atoms with E-state index in [0.29, 0.717) is 11.5 Å². The van der Waals surface area contributed by atoms with E-state index in [1.807, 2.05) is 0 Å². The van der Waals surface area contributed by atoms with Gasteiger partial charge in [-0.1, -0.05) is 10.3 Å². The molecule has 1 saturated heterocycles. The molecule has 5 heteroatoms. The molecule has 0 spiro atoms. The number of hydrogen-bond acceptors (Lipinski definition) is 4. The maximum absolute atomic E-state index is 8.39. The average molecular weight is 143 g/mol. The third-order valence-corrected chi connectivity index (χ3v) is 1.32. The van der Waals surface area contributed by atoms with Crippen LogP contribution in [0.2, 0.25) is 0 Å². The molecular weight excluding hydrogens is 134 g/mol. The van der Waals surface area contributed by atoms with E-state index in [0.717, 1.165) is 13.1 Å². The van der Waals surface area contributed by atoms with Crippen molar-refractivity contribution < 1.29 is 10.4 Å². The molecule has 0 aromatic rings.